The molecular formula is C21H23Cl2N7. The summed E-state index contributed by atoms with van der Waals surface area (Å²) < 4.78 is 0. The zero-order valence-electron chi connectivity index (χ0n) is 17.0. The summed E-state index contributed by atoms with van der Waals surface area (Å²) in [4.78, 5) is 15.5. The van der Waals surface area contributed by atoms with E-state index in [1.807, 2.05) is 56.0 Å². The van der Waals surface area contributed by atoms with E-state index >= 15 is 0 Å². The molecule has 3 aromatic rings. The first-order valence-corrected chi connectivity index (χ1v) is 10.3. The van der Waals surface area contributed by atoms with Crippen LogP contribution in [0.3, 0.4) is 0 Å². The minimum absolute atomic E-state index is 0.331. The van der Waals surface area contributed by atoms with E-state index in [1.54, 1.807) is 18.3 Å². The van der Waals surface area contributed by atoms with Crippen LogP contribution < -0.4 is 15.6 Å². The Morgan fingerprint density at radius 2 is 1.67 bits per heavy atom. The van der Waals surface area contributed by atoms with Crippen molar-refractivity contribution in [3.63, 3.8) is 0 Å². The van der Waals surface area contributed by atoms with E-state index < -0.39 is 0 Å². The molecule has 0 fully saturated rings. The van der Waals surface area contributed by atoms with E-state index in [4.69, 9.17) is 23.2 Å². The summed E-state index contributed by atoms with van der Waals surface area (Å²) in [6, 6.07) is 13.1. The minimum atomic E-state index is 0.331. The SMILES string of the molecule is CCN(CC)c1nc(N/N=C/c2ccc(Cl)cc2)nc(Nc2ccc(C)c(Cl)c2)n1. The van der Waals surface area contributed by atoms with E-state index in [9.17, 15) is 0 Å². The lowest BCUT2D eigenvalue weighted by molar-refractivity contribution is 0.814. The van der Waals surface area contributed by atoms with E-state index in [2.05, 4.69) is 30.8 Å². The molecule has 7 nitrogen and oxygen atoms in total. The zero-order chi connectivity index (χ0) is 21.5. The number of nitrogens with one attached hydrogen (secondary N) is 2. The van der Waals surface area contributed by atoms with Crippen LogP contribution in [-0.4, -0.2) is 34.3 Å². The van der Waals surface area contributed by atoms with Gasteiger partial charge in [0.25, 0.3) is 0 Å². The number of halogens is 2. The molecule has 0 unspecified atom stereocenters. The first kappa shape index (κ1) is 21.8. The molecule has 1 aromatic heterocycles. The lowest BCUT2D eigenvalue weighted by Gasteiger charge is -2.19. The zero-order valence-corrected chi connectivity index (χ0v) is 18.5. The summed E-state index contributed by atoms with van der Waals surface area (Å²) in [5.74, 6) is 1.29. The first-order chi connectivity index (χ1) is 14.5. The van der Waals surface area contributed by atoms with Gasteiger partial charge in [0.1, 0.15) is 0 Å². The largest absolute Gasteiger partial charge is 0.341 e. The van der Waals surface area contributed by atoms with Crippen LogP contribution in [0.2, 0.25) is 10.0 Å². The predicted molar refractivity (Wildman–Crippen MR) is 126 cm³/mol. The molecule has 0 radical (unpaired) electrons. The number of anilines is 4. The maximum atomic E-state index is 6.23. The van der Waals surface area contributed by atoms with Gasteiger partial charge in [0, 0.05) is 28.8 Å². The molecule has 0 saturated carbocycles. The van der Waals surface area contributed by atoms with Crippen molar-refractivity contribution in [3.05, 3.63) is 63.6 Å². The minimum Gasteiger partial charge on any atom is -0.341 e. The molecule has 0 atom stereocenters. The Kier molecular flexibility index (Phi) is 7.43. The number of benzene rings is 2. The van der Waals surface area contributed by atoms with E-state index in [0.29, 0.717) is 27.9 Å². The Labute approximate surface area is 186 Å². The van der Waals surface area contributed by atoms with Crippen molar-refractivity contribution in [1.29, 1.82) is 0 Å². The highest BCUT2D eigenvalue weighted by atomic mass is 35.5. The Morgan fingerprint density at radius 1 is 0.967 bits per heavy atom. The number of aryl methyl sites for hydroxylation is 1. The Balaban J connectivity index is 1.85. The molecular weight excluding hydrogens is 421 g/mol. The smallest absolute Gasteiger partial charge is 0.250 e. The average Bonchev–Trinajstić information content (AvgIpc) is 2.73. The van der Waals surface area contributed by atoms with Gasteiger partial charge in [0.15, 0.2) is 0 Å². The second-order valence-electron chi connectivity index (χ2n) is 6.47. The summed E-state index contributed by atoms with van der Waals surface area (Å²) in [6.45, 7) is 7.58. The lowest BCUT2D eigenvalue weighted by atomic mass is 10.2. The van der Waals surface area contributed by atoms with Crippen LogP contribution in [0.25, 0.3) is 0 Å². The standard InChI is InChI=1S/C21H23Cl2N7/c1-4-30(5-2)21-27-19(25-17-11-6-14(3)18(23)12-17)26-20(28-21)29-24-13-15-7-9-16(22)10-8-15/h6-13H,4-5H2,1-3H3,(H2,25,26,27,28,29)/b24-13+. The summed E-state index contributed by atoms with van der Waals surface area (Å²) >= 11 is 12.1. The number of hydrazone groups is 1. The predicted octanol–water partition coefficient (Wildman–Crippen LogP) is 5.52. The molecule has 0 saturated heterocycles. The van der Waals surface area contributed by atoms with Crippen molar-refractivity contribution in [1.82, 2.24) is 15.0 Å². The highest BCUT2D eigenvalue weighted by Crippen LogP contribution is 2.23. The molecule has 2 aromatic carbocycles. The van der Waals surface area contributed by atoms with Crippen LogP contribution in [0.1, 0.15) is 25.0 Å². The van der Waals surface area contributed by atoms with Crippen molar-refractivity contribution < 1.29 is 0 Å². The van der Waals surface area contributed by atoms with Crippen LogP contribution in [-0.2, 0) is 0 Å². The van der Waals surface area contributed by atoms with Gasteiger partial charge in [-0.3, -0.25) is 0 Å². The highest BCUT2D eigenvalue weighted by Gasteiger charge is 2.11. The van der Waals surface area contributed by atoms with Gasteiger partial charge < -0.3 is 10.2 Å². The Hall–Kier alpha value is -2.90. The van der Waals surface area contributed by atoms with Crippen LogP contribution in [0.4, 0.5) is 23.5 Å². The van der Waals surface area contributed by atoms with Crippen LogP contribution in [0.5, 0.6) is 0 Å². The van der Waals surface area contributed by atoms with Gasteiger partial charge in [-0.05, 0) is 56.2 Å². The van der Waals surface area contributed by atoms with Gasteiger partial charge in [-0.1, -0.05) is 41.4 Å². The number of hydrogen-bond acceptors (Lipinski definition) is 7. The molecule has 0 aliphatic rings. The summed E-state index contributed by atoms with van der Waals surface area (Å²) in [6.07, 6.45) is 1.67. The molecule has 2 N–H and O–H groups in total. The number of rotatable bonds is 8. The third-order valence-electron chi connectivity index (χ3n) is 4.35. The Bertz CT molecular complexity index is 1020. The first-order valence-electron chi connectivity index (χ1n) is 9.57. The summed E-state index contributed by atoms with van der Waals surface area (Å²) in [5.41, 5.74) is 5.57. The third-order valence-corrected chi connectivity index (χ3v) is 5.01. The molecule has 0 aliphatic heterocycles. The van der Waals surface area contributed by atoms with Crippen molar-refractivity contribution in [2.75, 3.05) is 28.7 Å². The quantitative estimate of drug-likeness (QED) is 0.352. The fourth-order valence-corrected chi connectivity index (χ4v) is 2.94. The van der Waals surface area contributed by atoms with Gasteiger partial charge >= 0.3 is 0 Å². The van der Waals surface area contributed by atoms with Crippen molar-refractivity contribution in [3.8, 4) is 0 Å². The molecule has 156 valence electrons. The maximum absolute atomic E-state index is 6.23. The highest BCUT2D eigenvalue weighted by molar-refractivity contribution is 6.31. The van der Waals surface area contributed by atoms with Gasteiger partial charge in [0.2, 0.25) is 17.8 Å². The lowest BCUT2D eigenvalue weighted by Crippen LogP contribution is -2.25. The van der Waals surface area contributed by atoms with E-state index in [-0.39, 0.29) is 0 Å². The molecule has 3 rings (SSSR count). The van der Waals surface area contributed by atoms with Gasteiger partial charge in [0.05, 0.1) is 6.21 Å². The number of hydrogen-bond donors (Lipinski definition) is 2. The molecule has 0 bridgehead atoms. The molecule has 0 aliphatic carbocycles. The second-order valence-corrected chi connectivity index (χ2v) is 7.31. The topological polar surface area (TPSA) is 78.3 Å². The van der Waals surface area contributed by atoms with E-state index in [1.165, 1.54) is 0 Å². The fraction of sp³-hybridized carbons (Fsp3) is 0.238. The summed E-state index contributed by atoms with van der Waals surface area (Å²) in [5, 5.41) is 8.76. The second kappa shape index (κ2) is 10.2. The van der Waals surface area contributed by atoms with Crippen LogP contribution >= 0.6 is 23.2 Å². The van der Waals surface area contributed by atoms with Gasteiger partial charge in [-0.2, -0.15) is 20.1 Å². The molecule has 9 heteroatoms. The van der Waals surface area contributed by atoms with Gasteiger partial charge in [-0.25, -0.2) is 5.43 Å². The molecule has 30 heavy (non-hydrogen) atoms. The molecule has 1 heterocycles. The van der Waals surface area contributed by atoms with Crippen molar-refractivity contribution in [2.24, 2.45) is 5.10 Å². The summed E-state index contributed by atoms with van der Waals surface area (Å²) in [7, 11) is 0. The monoisotopic (exact) mass is 443 g/mol. The normalized spacial score (nSPS) is 11.0. The fourth-order valence-electron chi connectivity index (χ4n) is 2.63. The molecule has 0 spiro atoms. The maximum Gasteiger partial charge on any atom is 0.250 e. The average molecular weight is 444 g/mol. The van der Waals surface area contributed by atoms with Crippen LogP contribution in [0, 0.1) is 6.92 Å². The Morgan fingerprint density at radius 3 is 2.33 bits per heavy atom. The van der Waals surface area contributed by atoms with Crippen molar-refractivity contribution in [2.45, 2.75) is 20.8 Å². The van der Waals surface area contributed by atoms with Crippen LogP contribution in [0.15, 0.2) is 47.6 Å². The van der Waals surface area contributed by atoms with E-state index in [0.717, 1.165) is 29.9 Å². The van der Waals surface area contributed by atoms with Gasteiger partial charge in [-0.15, -0.1) is 0 Å². The molecule has 0 amide bonds. The number of nitrogens with zero attached hydrogens (tertiary/aromatic N) is 5. The number of aromatic nitrogens is 3. The third kappa shape index (κ3) is 5.81. The van der Waals surface area contributed by atoms with Crippen molar-refractivity contribution >= 4 is 52.9 Å².